The number of carbonyl (C=O) groups excluding carboxylic acids is 2. The van der Waals surface area contributed by atoms with Gasteiger partial charge in [0, 0.05) is 39.0 Å². The van der Waals surface area contributed by atoms with Crippen LogP contribution < -0.4 is 9.64 Å². The van der Waals surface area contributed by atoms with E-state index in [1.54, 1.807) is 0 Å². The van der Waals surface area contributed by atoms with Crippen molar-refractivity contribution in [3.05, 3.63) is 46.7 Å². The Balaban J connectivity index is 1.50. The lowest BCUT2D eigenvalue weighted by molar-refractivity contribution is -0.131. The van der Waals surface area contributed by atoms with Crippen molar-refractivity contribution in [2.24, 2.45) is 0 Å². The summed E-state index contributed by atoms with van der Waals surface area (Å²) in [4.78, 5) is 29.3. The normalized spacial score (nSPS) is 14.3. The molecule has 0 N–H and O–H groups in total. The molecule has 1 amide bonds. The van der Waals surface area contributed by atoms with Crippen molar-refractivity contribution in [1.29, 1.82) is 0 Å². The predicted molar refractivity (Wildman–Crippen MR) is 104 cm³/mol. The number of ketones is 1. The van der Waals surface area contributed by atoms with E-state index in [-0.39, 0.29) is 24.5 Å². The topological polar surface area (TPSA) is 49.9 Å². The summed E-state index contributed by atoms with van der Waals surface area (Å²) < 4.78 is 5.71. The van der Waals surface area contributed by atoms with Crippen LogP contribution in [-0.2, 0) is 4.79 Å². The third-order valence-corrected chi connectivity index (χ3v) is 5.41. The lowest BCUT2D eigenvalue weighted by atomic mass is 10.1. The average Bonchev–Trinajstić information content (AvgIpc) is 3.22. The van der Waals surface area contributed by atoms with Crippen LogP contribution in [0.4, 0.5) is 5.69 Å². The number of Topliss-reactive ketones (excluding diaryl/α,β-unsaturated/α-hetero) is 1. The van der Waals surface area contributed by atoms with E-state index in [0.29, 0.717) is 19.7 Å². The molecule has 2 heterocycles. The number of para-hydroxylation sites is 2. The van der Waals surface area contributed by atoms with E-state index in [2.05, 4.69) is 11.0 Å². The standard InChI is InChI=1S/C20H24N2O3S/c1-2-25-18-7-4-3-6-16(18)21-11-13-22(14-12-21)20(24)10-9-17(23)19-8-5-15-26-19/h3-8,15H,2,9-14H2,1H3. The average molecular weight is 372 g/mol. The summed E-state index contributed by atoms with van der Waals surface area (Å²) in [6, 6.07) is 11.7. The molecule has 1 aliphatic heterocycles. The lowest BCUT2D eigenvalue weighted by Gasteiger charge is -2.36. The van der Waals surface area contributed by atoms with Crippen LogP contribution in [0.1, 0.15) is 29.4 Å². The molecule has 2 aromatic rings. The van der Waals surface area contributed by atoms with Crippen molar-refractivity contribution in [3.63, 3.8) is 0 Å². The van der Waals surface area contributed by atoms with Crippen LogP contribution in [0.3, 0.4) is 0 Å². The number of benzene rings is 1. The number of hydrogen-bond donors (Lipinski definition) is 0. The molecule has 1 aliphatic rings. The molecule has 138 valence electrons. The van der Waals surface area contributed by atoms with E-state index in [0.717, 1.165) is 29.4 Å². The third kappa shape index (κ3) is 4.43. The van der Waals surface area contributed by atoms with Crippen molar-refractivity contribution in [2.75, 3.05) is 37.7 Å². The summed E-state index contributed by atoms with van der Waals surface area (Å²) >= 11 is 1.43. The number of nitrogens with zero attached hydrogens (tertiary/aromatic N) is 2. The monoisotopic (exact) mass is 372 g/mol. The number of ether oxygens (including phenoxy) is 1. The van der Waals surface area contributed by atoms with Gasteiger partial charge in [0.1, 0.15) is 5.75 Å². The third-order valence-electron chi connectivity index (χ3n) is 4.50. The minimum atomic E-state index is 0.0534. The molecule has 3 rings (SSSR count). The molecule has 0 aliphatic carbocycles. The Morgan fingerprint density at radius 3 is 2.50 bits per heavy atom. The van der Waals surface area contributed by atoms with Crippen LogP contribution >= 0.6 is 11.3 Å². The van der Waals surface area contributed by atoms with Crippen LogP contribution in [0.25, 0.3) is 0 Å². The van der Waals surface area contributed by atoms with Gasteiger partial charge in [-0.1, -0.05) is 18.2 Å². The number of carbonyl (C=O) groups is 2. The Kier molecular flexibility index (Phi) is 6.28. The maximum Gasteiger partial charge on any atom is 0.223 e. The lowest BCUT2D eigenvalue weighted by Crippen LogP contribution is -2.48. The van der Waals surface area contributed by atoms with Crippen molar-refractivity contribution in [2.45, 2.75) is 19.8 Å². The summed E-state index contributed by atoms with van der Waals surface area (Å²) in [6.07, 6.45) is 0.568. The summed E-state index contributed by atoms with van der Waals surface area (Å²) in [5.41, 5.74) is 1.08. The van der Waals surface area contributed by atoms with Gasteiger partial charge in [0.2, 0.25) is 5.91 Å². The van der Waals surface area contributed by atoms with Crippen LogP contribution in [0.5, 0.6) is 5.75 Å². The highest BCUT2D eigenvalue weighted by Crippen LogP contribution is 2.28. The number of hydrogen-bond acceptors (Lipinski definition) is 5. The maximum atomic E-state index is 12.4. The molecule has 1 saturated heterocycles. The van der Waals surface area contributed by atoms with Crippen LogP contribution in [-0.4, -0.2) is 49.4 Å². The molecule has 0 atom stereocenters. The number of anilines is 1. The first-order chi connectivity index (χ1) is 12.7. The van der Waals surface area contributed by atoms with Gasteiger partial charge in [0.05, 0.1) is 17.2 Å². The van der Waals surface area contributed by atoms with E-state index in [1.165, 1.54) is 11.3 Å². The minimum Gasteiger partial charge on any atom is -0.492 e. The van der Waals surface area contributed by atoms with Gasteiger partial charge < -0.3 is 14.5 Å². The van der Waals surface area contributed by atoms with Gasteiger partial charge >= 0.3 is 0 Å². The fourth-order valence-corrected chi connectivity index (χ4v) is 3.83. The highest BCUT2D eigenvalue weighted by Gasteiger charge is 2.23. The molecule has 1 fully saturated rings. The zero-order valence-corrected chi connectivity index (χ0v) is 15.8. The number of piperazine rings is 1. The second kappa shape index (κ2) is 8.85. The molecule has 26 heavy (non-hydrogen) atoms. The van der Waals surface area contributed by atoms with Crippen LogP contribution in [0, 0.1) is 0 Å². The van der Waals surface area contributed by atoms with Crippen LogP contribution in [0.2, 0.25) is 0 Å². The van der Waals surface area contributed by atoms with E-state index in [1.807, 2.05) is 47.5 Å². The Morgan fingerprint density at radius 1 is 1.04 bits per heavy atom. The van der Waals surface area contributed by atoms with E-state index in [4.69, 9.17) is 4.74 Å². The van der Waals surface area contributed by atoms with E-state index >= 15 is 0 Å². The van der Waals surface area contributed by atoms with Crippen molar-refractivity contribution in [3.8, 4) is 5.75 Å². The molecule has 1 aromatic heterocycles. The number of rotatable bonds is 7. The van der Waals surface area contributed by atoms with Gasteiger partial charge in [-0.15, -0.1) is 11.3 Å². The highest BCUT2D eigenvalue weighted by molar-refractivity contribution is 7.12. The largest absolute Gasteiger partial charge is 0.492 e. The number of amides is 1. The molecule has 0 bridgehead atoms. The first kappa shape index (κ1) is 18.5. The van der Waals surface area contributed by atoms with E-state index < -0.39 is 0 Å². The van der Waals surface area contributed by atoms with Gasteiger partial charge in [-0.2, -0.15) is 0 Å². The molecule has 0 radical (unpaired) electrons. The zero-order chi connectivity index (χ0) is 18.4. The van der Waals surface area contributed by atoms with Crippen molar-refractivity contribution < 1.29 is 14.3 Å². The molecule has 6 heteroatoms. The first-order valence-corrected chi connectivity index (χ1v) is 9.88. The van der Waals surface area contributed by atoms with Gasteiger partial charge in [0.15, 0.2) is 5.78 Å². The van der Waals surface area contributed by atoms with E-state index in [9.17, 15) is 9.59 Å². The molecule has 0 saturated carbocycles. The predicted octanol–water partition coefficient (Wildman–Crippen LogP) is 3.46. The molecule has 5 nitrogen and oxygen atoms in total. The zero-order valence-electron chi connectivity index (χ0n) is 15.0. The molecular weight excluding hydrogens is 348 g/mol. The summed E-state index contributed by atoms with van der Waals surface area (Å²) in [5.74, 6) is 1.00. The fraction of sp³-hybridized carbons (Fsp3) is 0.400. The van der Waals surface area contributed by atoms with Crippen molar-refractivity contribution in [1.82, 2.24) is 4.90 Å². The highest BCUT2D eigenvalue weighted by atomic mass is 32.1. The van der Waals surface area contributed by atoms with Gasteiger partial charge in [-0.25, -0.2) is 0 Å². The smallest absolute Gasteiger partial charge is 0.223 e. The van der Waals surface area contributed by atoms with Crippen molar-refractivity contribution >= 4 is 28.7 Å². The Bertz CT molecular complexity index is 737. The number of thiophene rings is 1. The second-order valence-corrected chi connectivity index (χ2v) is 7.12. The molecular formula is C20H24N2O3S. The second-order valence-electron chi connectivity index (χ2n) is 6.17. The Labute approximate surface area is 158 Å². The molecule has 0 spiro atoms. The Morgan fingerprint density at radius 2 is 1.81 bits per heavy atom. The first-order valence-electron chi connectivity index (χ1n) is 9.00. The molecule has 1 aromatic carbocycles. The van der Waals surface area contributed by atoms with Gasteiger partial charge in [-0.3, -0.25) is 9.59 Å². The summed E-state index contributed by atoms with van der Waals surface area (Å²) in [5, 5.41) is 1.88. The summed E-state index contributed by atoms with van der Waals surface area (Å²) in [7, 11) is 0. The SMILES string of the molecule is CCOc1ccccc1N1CCN(C(=O)CCC(=O)c2cccs2)CC1. The minimum absolute atomic E-state index is 0.0534. The van der Waals surface area contributed by atoms with Crippen LogP contribution in [0.15, 0.2) is 41.8 Å². The van der Waals surface area contributed by atoms with Gasteiger partial charge in [-0.05, 0) is 30.5 Å². The van der Waals surface area contributed by atoms with Gasteiger partial charge in [0.25, 0.3) is 0 Å². The summed E-state index contributed by atoms with van der Waals surface area (Å²) in [6.45, 7) is 5.50. The quantitative estimate of drug-likeness (QED) is 0.699. The Hall–Kier alpha value is -2.34. The molecule has 0 unspecified atom stereocenters. The fourth-order valence-electron chi connectivity index (χ4n) is 3.13. The maximum absolute atomic E-state index is 12.4.